The molecule has 16 nitrogen and oxygen atoms in total. The number of rotatable bonds is 14. The first-order chi connectivity index (χ1) is 35.8. The molecule has 1 atom stereocenters. The lowest BCUT2D eigenvalue weighted by Crippen LogP contribution is -2.59. The molecular weight excluding hydrogens is 931 g/mol. The number of nitrogens with zero attached hydrogens (tertiary/aromatic N) is 9. The van der Waals surface area contributed by atoms with Gasteiger partial charge in [0.25, 0.3) is 0 Å². The molecule has 16 heteroatoms. The maximum absolute atomic E-state index is 15.3. The molecule has 0 radical (unpaired) electrons. The van der Waals surface area contributed by atoms with E-state index in [0.29, 0.717) is 89.9 Å². The summed E-state index contributed by atoms with van der Waals surface area (Å²) in [5.41, 5.74) is 6.38. The van der Waals surface area contributed by atoms with Crippen LogP contribution in [0.2, 0.25) is 0 Å². The Morgan fingerprint density at radius 2 is 1.57 bits per heavy atom. The quantitative estimate of drug-likeness (QED) is 0.118. The van der Waals surface area contributed by atoms with Crippen molar-refractivity contribution in [3.8, 4) is 11.3 Å². The number of hydrogen-bond acceptors (Lipinski definition) is 11. The lowest BCUT2D eigenvalue weighted by molar-refractivity contribution is -0.150. The van der Waals surface area contributed by atoms with Crippen LogP contribution in [-0.2, 0) is 29.4 Å². The third-order valence-electron chi connectivity index (χ3n) is 18.4. The molecule has 7 aliphatic rings. The smallest absolute Gasteiger partial charge is 0.238 e. The molecule has 394 valence electrons. The summed E-state index contributed by atoms with van der Waals surface area (Å²) in [6, 6.07) is 12.0. The van der Waals surface area contributed by atoms with Gasteiger partial charge in [0, 0.05) is 92.2 Å². The molecule has 1 unspecified atom stereocenters. The van der Waals surface area contributed by atoms with Gasteiger partial charge in [-0.1, -0.05) is 44.9 Å². The van der Waals surface area contributed by atoms with E-state index in [9.17, 15) is 19.2 Å². The van der Waals surface area contributed by atoms with Gasteiger partial charge in [-0.15, -0.1) is 0 Å². The predicted molar refractivity (Wildman–Crippen MR) is 287 cm³/mol. The van der Waals surface area contributed by atoms with Gasteiger partial charge < -0.3 is 34.4 Å². The first kappa shape index (κ1) is 50.3. The molecule has 11 rings (SSSR count). The number of carbonyl (C=O) groups excluding carboxylic acids is 5. The minimum atomic E-state index is -0.690. The highest BCUT2D eigenvalue weighted by atomic mass is 16.2. The molecule has 4 saturated heterocycles. The average Bonchev–Trinajstić information content (AvgIpc) is 4.10. The fourth-order valence-corrected chi connectivity index (χ4v) is 13.6. The van der Waals surface area contributed by atoms with E-state index < -0.39 is 16.7 Å². The van der Waals surface area contributed by atoms with Gasteiger partial charge in [0.1, 0.15) is 11.3 Å². The first-order valence-electron chi connectivity index (χ1n) is 28.2. The van der Waals surface area contributed by atoms with E-state index in [4.69, 9.17) is 15.0 Å². The Kier molecular flexibility index (Phi) is 13.8. The molecule has 74 heavy (non-hydrogen) atoms. The molecule has 1 spiro atoms. The number of likely N-dealkylation sites (tertiary alicyclic amines) is 3. The van der Waals surface area contributed by atoms with Crippen molar-refractivity contribution in [3.63, 3.8) is 0 Å². The van der Waals surface area contributed by atoms with Gasteiger partial charge in [-0.25, -0.2) is 15.0 Å². The molecular formula is C58H77N11O5. The third kappa shape index (κ3) is 9.24. The van der Waals surface area contributed by atoms with Crippen LogP contribution in [-0.4, -0.2) is 135 Å². The van der Waals surface area contributed by atoms with Crippen molar-refractivity contribution in [2.24, 2.45) is 11.3 Å². The summed E-state index contributed by atoms with van der Waals surface area (Å²) in [7, 11) is 0. The van der Waals surface area contributed by atoms with Crippen molar-refractivity contribution >= 4 is 58.4 Å². The van der Waals surface area contributed by atoms with Gasteiger partial charge in [-0.3, -0.25) is 29.3 Å². The minimum Gasteiger partial charge on any atom is -0.366 e. The number of piperidine rings is 4. The fourth-order valence-electron chi connectivity index (χ4n) is 13.6. The Morgan fingerprint density at radius 3 is 2.23 bits per heavy atom. The normalized spacial score (nSPS) is 23.5. The summed E-state index contributed by atoms with van der Waals surface area (Å²) >= 11 is 0. The number of benzene rings is 1. The molecule has 3 aromatic heterocycles. The second-order valence-corrected chi connectivity index (χ2v) is 23.6. The summed E-state index contributed by atoms with van der Waals surface area (Å²) in [5.74, 6) is 1.42. The number of carbonyl (C=O) groups is 5. The lowest BCUT2D eigenvalue weighted by atomic mass is 9.72. The summed E-state index contributed by atoms with van der Waals surface area (Å²) in [6.07, 6.45) is 17.4. The molecule has 8 heterocycles. The monoisotopic (exact) mass is 1010 g/mol. The zero-order valence-corrected chi connectivity index (χ0v) is 44.4. The summed E-state index contributed by atoms with van der Waals surface area (Å²) in [6.45, 7) is 16.3. The molecule has 5 amide bonds. The van der Waals surface area contributed by atoms with Crippen molar-refractivity contribution < 1.29 is 24.0 Å². The largest absolute Gasteiger partial charge is 0.366 e. The van der Waals surface area contributed by atoms with Crippen LogP contribution in [0.3, 0.4) is 0 Å². The highest BCUT2D eigenvalue weighted by molar-refractivity contribution is 6.09. The molecule has 6 fully saturated rings. The SMILES string of the molecule is CCCC(C(=O)NC=O)c1cnc(N2CCC(C(=O)N3CCC(C)(C(=O)N4CCC5(CC4)C(=O)N([C@H]4C[C@@H](N6CCCCC6)C4)c4cc(-c6cc7ncn(C(C)C)c7c(NC7CC7)n6)ccc45)CC3)CC2)c(C)c1. The van der Waals surface area contributed by atoms with Crippen LogP contribution in [0.1, 0.15) is 153 Å². The number of hydrogen-bond donors (Lipinski definition) is 2. The van der Waals surface area contributed by atoms with Gasteiger partial charge in [0.2, 0.25) is 30.0 Å². The van der Waals surface area contributed by atoms with E-state index in [0.717, 1.165) is 114 Å². The van der Waals surface area contributed by atoms with E-state index in [1.54, 1.807) is 6.20 Å². The summed E-state index contributed by atoms with van der Waals surface area (Å²) in [5, 5.41) is 6.02. The van der Waals surface area contributed by atoms with E-state index in [2.05, 4.69) is 74.9 Å². The van der Waals surface area contributed by atoms with Crippen LogP contribution >= 0.6 is 0 Å². The number of pyridine rings is 2. The van der Waals surface area contributed by atoms with Crippen molar-refractivity contribution in [2.75, 3.05) is 67.5 Å². The van der Waals surface area contributed by atoms with E-state index in [1.807, 2.05) is 36.0 Å². The van der Waals surface area contributed by atoms with E-state index >= 15 is 4.79 Å². The van der Waals surface area contributed by atoms with Crippen LogP contribution in [0.25, 0.3) is 22.3 Å². The topological polar surface area (TPSA) is 169 Å². The highest BCUT2D eigenvalue weighted by Crippen LogP contribution is 2.53. The fraction of sp³-hybridized carbons (Fsp3) is 0.621. The number of anilines is 3. The predicted octanol–water partition coefficient (Wildman–Crippen LogP) is 7.88. The molecule has 4 aromatic rings. The first-order valence-corrected chi connectivity index (χ1v) is 28.2. The number of aryl methyl sites for hydroxylation is 1. The van der Waals surface area contributed by atoms with Gasteiger partial charge in [-0.05, 0) is 146 Å². The van der Waals surface area contributed by atoms with Gasteiger partial charge in [0.05, 0.1) is 28.9 Å². The molecule has 0 bridgehead atoms. The van der Waals surface area contributed by atoms with Crippen molar-refractivity contribution in [1.29, 1.82) is 0 Å². The van der Waals surface area contributed by atoms with Crippen LogP contribution in [0.4, 0.5) is 17.3 Å². The molecule has 1 aromatic carbocycles. The van der Waals surface area contributed by atoms with E-state index in [1.165, 1.54) is 19.3 Å². The summed E-state index contributed by atoms with van der Waals surface area (Å²) in [4.78, 5) is 93.6. The van der Waals surface area contributed by atoms with Crippen LogP contribution in [0.5, 0.6) is 0 Å². The Bertz CT molecular complexity index is 2790. The molecule has 2 N–H and O–H groups in total. The zero-order chi connectivity index (χ0) is 51.5. The van der Waals surface area contributed by atoms with Gasteiger partial charge in [-0.2, -0.15) is 0 Å². The maximum atomic E-state index is 15.3. The summed E-state index contributed by atoms with van der Waals surface area (Å²) < 4.78 is 2.20. The second kappa shape index (κ2) is 20.3. The number of nitrogens with one attached hydrogen (secondary N) is 2. The minimum absolute atomic E-state index is 0.0838. The van der Waals surface area contributed by atoms with E-state index in [-0.39, 0.29) is 41.6 Å². The van der Waals surface area contributed by atoms with Crippen molar-refractivity contribution in [3.05, 3.63) is 59.5 Å². The molecule has 2 saturated carbocycles. The lowest BCUT2D eigenvalue weighted by Gasteiger charge is -2.48. The second-order valence-electron chi connectivity index (χ2n) is 23.6. The number of fused-ring (bicyclic) bond motifs is 3. The number of amides is 5. The highest BCUT2D eigenvalue weighted by Gasteiger charge is 2.56. The average molecular weight is 1010 g/mol. The standard InChI is InChI=1S/C58H77N11O5/c1-6-10-45(53(71)61-36-70)41-29-38(4)52(59-34-41)65-23-15-39(16-24-65)54(72)66-25-17-57(5,18-26-66)55(73)67-27-19-58(20-28-67)46-14-11-40(30-49(46)69(56(58)74)44-31-43(32-44)64-21-8-7-9-22-64)47-33-48-50(68(35-60-48)37(2)3)51(63-47)62-42-12-13-42/h11,14,29-30,33-37,39,42-45H,6-10,12-13,15-28,31-32H2,1-5H3,(H,62,63)(H,61,70,71)/t43-,44+,45?. The van der Waals surface area contributed by atoms with Crippen LogP contribution < -0.4 is 20.4 Å². The Labute approximate surface area is 436 Å². The van der Waals surface area contributed by atoms with Gasteiger partial charge in [0.15, 0.2) is 5.82 Å². The third-order valence-corrected chi connectivity index (χ3v) is 18.4. The Morgan fingerprint density at radius 1 is 0.851 bits per heavy atom. The van der Waals surface area contributed by atoms with Crippen LogP contribution in [0.15, 0.2) is 42.9 Å². The Balaban J connectivity index is 0.747. The number of aromatic nitrogens is 4. The Hall–Kier alpha value is -5.90. The van der Waals surface area contributed by atoms with Crippen LogP contribution in [0, 0.1) is 18.3 Å². The maximum Gasteiger partial charge on any atom is 0.238 e. The molecule has 2 aliphatic carbocycles. The number of imidazole rings is 1. The molecule has 5 aliphatic heterocycles. The van der Waals surface area contributed by atoms with Gasteiger partial charge >= 0.3 is 0 Å². The van der Waals surface area contributed by atoms with Crippen molar-refractivity contribution in [2.45, 2.75) is 166 Å². The number of imide groups is 1. The zero-order valence-electron chi connectivity index (χ0n) is 44.4. The van der Waals surface area contributed by atoms with Crippen molar-refractivity contribution in [1.82, 2.24) is 39.5 Å².